The number of hydrogen-bond acceptors (Lipinski definition) is 6. The molecular formula is C99H137N9OS+4. The van der Waals surface area contributed by atoms with Gasteiger partial charge >= 0.3 is 0 Å². The minimum Gasteiger partial charge on any atom is -0.456 e. The largest absolute Gasteiger partial charge is 0.456 e. The minimum atomic E-state index is 0.933. The fraction of sp³-hybridized carbons (Fsp3) is 0.354. The van der Waals surface area contributed by atoms with Gasteiger partial charge in [0, 0.05) is 105 Å². The molecule has 0 unspecified atom stereocenters. The van der Waals surface area contributed by atoms with Crippen molar-refractivity contribution in [2.24, 2.45) is 35.2 Å². The van der Waals surface area contributed by atoms with Gasteiger partial charge in [0.15, 0.2) is 6.20 Å². The van der Waals surface area contributed by atoms with Gasteiger partial charge in [-0.15, -0.1) is 11.3 Å². The predicted molar refractivity (Wildman–Crippen MR) is 487 cm³/mol. The zero-order valence-electron chi connectivity index (χ0n) is 74.3. The van der Waals surface area contributed by atoms with Crippen molar-refractivity contribution >= 4 is 108 Å². The highest BCUT2D eigenvalue weighted by Gasteiger charge is 2.22. The Morgan fingerprint density at radius 2 is 0.709 bits per heavy atom. The van der Waals surface area contributed by atoms with Gasteiger partial charge < -0.3 is 8.98 Å². The Bertz CT molecular complexity index is 5210. The van der Waals surface area contributed by atoms with Crippen LogP contribution in [0.15, 0.2) is 200 Å². The van der Waals surface area contributed by atoms with Gasteiger partial charge in [-0.1, -0.05) is 245 Å². The van der Waals surface area contributed by atoms with Crippen LogP contribution >= 0.6 is 11.3 Å². The number of rotatable bonds is 3. The van der Waals surface area contributed by atoms with Crippen molar-refractivity contribution in [1.29, 1.82) is 0 Å². The maximum absolute atomic E-state index is 5.94. The molecule has 0 aliphatic heterocycles. The third kappa shape index (κ3) is 21.3. The van der Waals surface area contributed by atoms with Gasteiger partial charge in [-0.25, -0.2) is 18.3 Å². The molecule has 0 saturated heterocycles. The topological polar surface area (TPSA) is 85.1 Å². The molecule has 9 aromatic carbocycles. The molecule has 0 atom stereocenters. The SMILES string of the molecule is CC.CC.CC.CC.CC.CC.CC.CC.CC.CC.CC.Cc1c(C)c(C)c2c3cnc[n+](C)c3c3c(C)cccc3c2c1C.Cc1cc2c(cc1-c1ccnc[n+]1C)c1ccccc1n2C.Cc1cc2oc3ccccc3c2cc1-c1ccnc[n+]1C.Cc1cc2sc3ccccc3c2cc1-c1ccnc[n+]1C. The Kier molecular flexibility index (Phi) is 42.9. The molecule has 0 N–H and O–H groups in total. The van der Waals surface area contributed by atoms with E-state index in [2.05, 4.69) is 229 Å². The molecule has 0 fully saturated rings. The lowest BCUT2D eigenvalue weighted by atomic mass is 9.86. The molecule has 0 saturated carbocycles. The smallest absolute Gasteiger partial charge is 0.286 e. The number of para-hydroxylation sites is 2. The summed E-state index contributed by atoms with van der Waals surface area (Å²) in [5.41, 5.74) is 23.6. The van der Waals surface area contributed by atoms with E-state index in [0.717, 1.165) is 27.6 Å². The zero-order valence-corrected chi connectivity index (χ0v) is 75.1. The van der Waals surface area contributed by atoms with Crippen LogP contribution in [-0.4, -0.2) is 24.5 Å². The molecule has 10 nitrogen and oxygen atoms in total. The lowest BCUT2D eigenvalue weighted by Gasteiger charge is -2.18. The fourth-order valence-electron chi connectivity index (χ4n) is 13.2. The summed E-state index contributed by atoms with van der Waals surface area (Å²) < 4.78 is 19.3. The lowest BCUT2D eigenvalue weighted by Crippen LogP contribution is -2.31. The van der Waals surface area contributed by atoms with E-state index in [1.807, 2.05) is 264 Å². The second kappa shape index (κ2) is 49.1. The number of hydrogen-bond donors (Lipinski definition) is 0. The molecule has 0 radical (unpaired) electrons. The molecule has 7 heterocycles. The first-order chi connectivity index (χ1) is 53.6. The maximum Gasteiger partial charge on any atom is 0.286 e. The highest BCUT2D eigenvalue weighted by atomic mass is 32.1. The molecule has 16 rings (SSSR count). The average Bonchev–Trinajstić information content (AvgIpc) is 1.12. The normalized spacial score (nSPS) is 9.77. The van der Waals surface area contributed by atoms with Crippen LogP contribution in [0.1, 0.15) is 197 Å². The first-order valence-corrected chi connectivity index (χ1v) is 41.7. The number of aryl methyl sites for hydroxylation is 11. The molecule has 110 heavy (non-hydrogen) atoms. The lowest BCUT2D eigenvalue weighted by molar-refractivity contribution is -0.663. The van der Waals surface area contributed by atoms with Gasteiger partial charge in [-0.05, 0) is 165 Å². The molecule has 586 valence electrons. The number of nitrogens with zero attached hydrogens (tertiary/aromatic N) is 9. The van der Waals surface area contributed by atoms with Crippen molar-refractivity contribution in [2.75, 3.05) is 0 Å². The summed E-state index contributed by atoms with van der Waals surface area (Å²) in [7, 11) is 10.3. The van der Waals surface area contributed by atoms with Gasteiger partial charge in [0.1, 0.15) is 52.4 Å². The van der Waals surface area contributed by atoms with Crippen LogP contribution in [0, 0.1) is 55.4 Å². The van der Waals surface area contributed by atoms with Crippen molar-refractivity contribution in [3.8, 4) is 33.8 Å². The van der Waals surface area contributed by atoms with Crippen molar-refractivity contribution in [3.05, 3.63) is 240 Å². The van der Waals surface area contributed by atoms with Crippen molar-refractivity contribution in [1.82, 2.24) is 24.5 Å². The molecule has 16 aromatic rings. The molecule has 0 bridgehead atoms. The molecule has 7 aromatic heterocycles. The van der Waals surface area contributed by atoms with E-state index in [1.165, 1.54) is 147 Å². The van der Waals surface area contributed by atoms with E-state index in [9.17, 15) is 0 Å². The fourth-order valence-corrected chi connectivity index (χ4v) is 14.4. The predicted octanol–water partition coefficient (Wildman–Crippen LogP) is 27.8. The van der Waals surface area contributed by atoms with E-state index < -0.39 is 0 Å². The van der Waals surface area contributed by atoms with Crippen LogP contribution in [0.2, 0.25) is 0 Å². The second-order valence-electron chi connectivity index (χ2n) is 23.5. The monoisotopic (exact) mass is 1500 g/mol. The number of furan rings is 1. The van der Waals surface area contributed by atoms with Crippen LogP contribution < -0.4 is 18.3 Å². The molecule has 0 aliphatic carbocycles. The highest BCUT2D eigenvalue weighted by Crippen LogP contribution is 2.42. The van der Waals surface area contributed by atoms with Crippen LogP contribution in [0.5, 0.6) is 0 Å². The third-order valence-electron chi connectivity index (χ3n) is 18.1. The molecule has 0 aliphatic rings. The number of thiophene rings is 1. The second-order valence-corrected chi connectivity index (χ2v) is 24.6. The minimum absolute atomic E-state index is 0.933. The molecule has 0 spiro atoms. The summed E-state index contributed by atoms with van der Waals surface area (Å²) in [4.78, 5) is 17.0. The molecular weight excluding hydrogens is 1360 g/mol. The summed E-state index contributed by atoms with van der Waals surface area (Å²) in [6, 6.07) is 51.7. The Balaban J connectivity index is 0.000000459. The molecule has 11 heteroatoms. The first kappa shape index (κ1) is 96.0. The van der Waals surface area contributed by atoms with E-state index in [0.29, 0.717) is 0 Å². The van der Waals surface area contributed by atoms with E-state index >= 15 is 0 Å². The number of benzene rings is 9. The Morgan fingerprint density at radius 1 is 0.300 bits per heavy atom. The van der Waals surface area contributed by atoms with Crippen molar-refractivity contribution < 1.29 is 22.7 Å². The van der Waals surface area contributed by atoms with Gasteiger partial charge in [-0.3, -0.25) is 0 Å². The van der Waals surface area contributed by atoms with E-state index in [4.69, 9.17) is 4.42 Å². The summed E-state index contributed by atoms with van der Waals surface area (Å²) in [6.07, 6.45) is 15.0. The quantitative estimate of drug-likeness (QED) is 0.130. The Labute approximate surface area is 667 Å². The summed E-state index contributed by atoms with van der Waals surface area (Å²) >= 11 is 1.86. The van der Waals surface area contributed by atoms with Gasteiger partial charge in [0.2, 0.25) is 0 Å². The zero-order chi connectivity index (χ0) is 83.2. The first-order valence-electron chi connectivity index (χ1n) is 40.8. The highest BCUT2D eigenvalue weighted by molar-refractivity contribution is 7.25. The van der Waals surface area contributed by atoms with E-state index in [-0.39, 0.29) is 0 Å². The van der Waals surface area contributed by atoms with Crippen LogP contribution in [0.3, 0.4) is 0 Å². The Hall–Kier alpha value is -10.1. The maximum atomic E-state index is 5.94. The average molecular weight is 1500 g/mol. The van der Waals surface area contributed by atoms with Gasteiger partial charge in [0.25, 0.3) is 25.3 Å². The van der Waals surface area contributed by atoms with Crippen molar-refractivity contribution in [3.63, 3.8) is 0 Å². The van der Waals surface area contributed by atoms with Crippen LogP contribution in [0.25, 0.3) is 130 Å². The standard InChI is InChI=1S/C22H23N2.C19H18N3.C18H15N2O.C18H15N2S.11C2H6/c1-12-8-7-9-17-19(12)22-18(10-23-11-24(22)6)21-16(5)14(3)13(2)15(4)20(17)21;1-13-10-19-16(14-6-4-5-7-18(14)22(19)3)11-15(13)17-8-9-20-12-21(17)2;2*1-12-9-18-15(13-5-3-4-6-17(13)21-18)10-14(12)16-7-8-19-11-20(16)2;11*1-2/h7-11H,1-6H3;4-12H,1-3H3;2*3-11H,1-2H3;11*1-2H3/q4*+1;;;;;;;;;;;. The van der Waals surface area contributed by atoms with Crippen molar-refractivity contribution in [2.45, 2.75) is 208 Å². The Morgan fingerprint density at radius 3 is 1.22 bits per heavy atom. The number of aromatic nitrogens is 9. The van der Waals surface area contributed by atoms with Crippen LogP contribution in [-0.2, 0) is 35.2 Å². The van der Waals surface area contributed by atoms with Gasteiger partial charge in [0.05, 0.1) is 33.6 Å². The van der Waals surface area contributed by atoms with Crippen LogP contribution in [0.4, 0.5) is 0 Å². The summed E-state index contributed by atoms with van der Waals surface area (Å²) in [5, 5.41) is 14.3. The third-order valence-corrected chi connectivity index (χ3v) is 19.3. The van der Waals surface area contributed by atoms with E-state index in [1.54, 1.807) is 0 Å². The number of fused-ring (bicyclic) bond motifs is 15. The molecule has 0 amide bonds. The summed E-state index contributed by atoms with van der Waals surface area (Å²) in [6.45, 7) is 61.7. The van der Waals surface area contributed by atoms with Gasteiger partial charge in [-0.2, -0.15) is 0 Å². The summed E-state index contributed by atoms with van der Waals surface area (Å²) in [5.74, 6) is 0.